The molecule has 0 rings (SSSR count). The van der Waals surface area contributed by atoms with Crippen LogP contribution in [0.15, 0.2) is 11.5 Å². The molecule has 0 heterocycles. The number of allylic oxidation sites excluding steroid dienone is 1. The molecule has 0 fully saturated rings. The standard InChI is InChI=1S/C6H17NO2S/c1-5(2)10(3,4,7)6(8)9/h6,8-10H,1,7H2,2-4H3. The smallest absolute Gasteiger partial charge is 0.184 e. The molecule has 4 heteroatoms. The Hall–Kier alpha value is -0.0300. The summed E-state index contributed by atoms with van der Waals surface area (Å²) in [6, 6.07) is 0. The molecule has 3 nitrogen and oxygen atoms in total. The maximum absolute atomic E-state index is 8.94. The first-order chi connectivity index (χ1) is 4.17. The number of aliphatic hydroxyl groups excluding tert-OH is 1. The van der Waals surface area contributed by atoms with Crippen LogP contribution in [0.2, 0.25) is 0 Å². The highest BCUT2D eigenvalue weighted by Crippen LogP contribution is 2.63. The van der Waals surface area contributed by atoms with E-state index in [1.54, 1.807) is 19.4 Å². The molecule has 0 aliphatic heterocycles. The first-order valence-electron chi connectivity index (χ1n) is 3.00. The van der Waals surface area contributed by atoms with Gasteiger partial charge in [0.25, 0.3) is 0 Å². The molecule has 10 heavy (non-hydrogen) atoms. The van der Waals surface area contributed by atoms with Crippen LogP contribution in [-0.4, -0.2) is 28.3 Å². The number of hydrogen-bond acceptors (Lipinski definition) is 3. The van der Waals surface area contributed by atoms with Gasteiger partial charge in [-0.25, -0.2) is 0 Å². The van der Waals surface area contributed by atoms with Gasteiger partial charge in [0.15, 0.2) is 5.62 Å². The van der Waals surface area contributed by atoms with Gasteiger partial charge in [-0.15, -0.1) is 0 Å². The van der Waals surface area contributed by atoms with Crippen molar-refractivity contribution in [2.75, 3.05) is 12.5 Å². The molecule has 0 amide bonds. The average Bonchev–Trinajstić information content (AvgIpc) is 1.63. The fourth-order valence-electron chi connectivity index (χ4n) is 0.197. The Morgan fingerprint density at radius 1 is 1.50 bits per heavy atom. The summed E-state index contributed by atoms with van der Waals surface area (Å²) in [5.41, 5.74) is -1.46. The Balaban J connectivity index is 4.77. The van der Waals surface area contributed by atoms with Gasteiger partial charge >= 0.3 is 0 Å². The van der Waals surface area contributed by atoms with E-state index in [2.05, 4.69) is 6.58 Å². The molecule has 64 valence electrons. The van der Waals surface area contributed by atoms with E-state index in [9.17, 15) is 0 Å². The molecule has 0 aromatic heterocycles. The largest absolute Gasteiger partial charge is 0.361 e. The van der Waals surface area contributed by atoms with E-state index in [1.165, 1.54) is 0 Å². The third kappa shape index (κ3) is 1.52. The Bertz CT molecular complexity index is 157. The lowest BCUT2D eigenvalue weighted by Crippen LogP contribution is -2.37. The number of hydrogen-bond donors (Lipinski definition) is 4. The van der Waals surface area contributed by atoms with Crippen molar-refractivity contribution >= 4 is 9.35 Å². The second-order valence-electron chi connectivity index (χ2n) is 3.42. The molecule has 0 aliphatic rings. The first-order valence-corrected chi connectivity index (χ1v) is 6.27. The molecule has 0 saturated carbocycles. The number of aliphatic hydroxyl groups is 2. The average molecular weight is 167 g/mol. The fraction of sp³-hybridized carbons (Fsp3) is 0.667. The molecule has 0 aromatic carbocycles. The second-order valence-corrected chi connectivity index (χ2v) is 9.31. The van der Waals surface area contributed by atoms with Gasteiger partial charge in [-0.2, -0.15) is 9.35 Å². The summed E-state index contributed by atoms with van der Waals surface area (Å²) in [7, 11) is -2.90. The predicted molar refractivity (Wildman–Crippen MR) is 48.1 cm³/mol. The number of nitrogens with two attached hydrogens (primary N) is 1. The molecule has 0 atom stereocenters. The number of thiol groups is 1. The van der Waals surface area contributed by atoms with Crippen LogP contribution in [0.3, 0.4) is 0 Å². The number of rotatable bonds is 2. The summed E-state index contributed by atoms with van der Waals surface area (Å²) in [6.45, 7) is 5.35. The highest BCUT2D eigenvalue weighted by Gasteiger charge is 2.33. The molecular weight excluding hydrogens is 150 g/mol. The van der Waals surface area contributed by atoms with Crippen molar-refractivity contribution in [2.24, 2.45) is 5.14 Å². The van der Waals surface area contributed by atoms with Crippen LogP contribution in [0.4, 0.5) is 0 Å². The highest BCUT2D eigenvalue weighted by molar-refractivity contribution is 8.49. The fourth-order valence-corrected chi connectivity index (χ4v) is 0.591. The molecule has 0 radical (unpaired) electrons. The maximum atomic E-state index is 8.94. The van der Waals surface area contributed by atoms with Crippen LogP contribution in [0.25, 0.3) is 0 Å². The van der Waals surface area contributed by atoms with Gasteiger partial charge in [0, 0.05) is 0 Å². The Kier molecular flexibility index (Phi) is 2.23. The van der Waals surface area contributed by atoms with Crippen molar-refractivity contribution in [2.45, 2.75) is 12.5 Å². The topological polar surface area (TPSA) is 66.5 Å². The minimum atomic E-state index is -2.90. The van der Waals surface area contributed by atoms with E-state index in [4.69, 9.17) is 15.4 Å². The zero-order chi connectivity index (χ0) is 8.60. The third-order valence-electron chi connectivity index (χ3n) is 1.91. The van der Waals surface area contributed by atoms with E-state index >= 15 is 0 Å². The minimum Gasteiger partial charge on any atom is -0.361 e. The second kappa shape index (κ2) is 2.23. The Morgan fingerprint density at radius 3 is 1.80 bits per heavy atom. The van der Waals surface area contributed by atoms with Gasteiger partial charge in [0.2, 0.25) is 0 Å². The summed E-state index contributed by atoms with van der Waals surface area (Å²) >= 11 is 0. The molecule has 0 aromatic rings. The Labute approximate surface area is 62.0 Å². The SMILES string of the molecule is C=C(C)[SH](C)(C)(N)C(O)O. The lowest BCUT2D eigenvalue weighted by atomic mass is 10.8. The van der Waals surface area contributed by atoms with E-state index in [-0.39, 0.29) is 0 Å². The lowest BCUT2D eigenvalue weighted by Gasteiger charge is -2.53. The predicted octanol–water partition coefficient (Wildman–Crippen LogP) is -0.00590. The highest BCUT2D eigenvalue weighted by atomic mass is 32.3. The van der Waals surface area contributed by atoms with Crippen molar-refractivity contribution in [3.05, 3.63) is 11.5 Å². The summed E-state index contributed by atoms with van der Waals surface area (Å²) in [5, 5.41) is 23.7. The summed E-state index contributed by atoms with van der Waals surface area (Å²) in [5.74, 6) is 0. The van der Waals surface area contributed by atoms with Gasteiger partial charge < -0.3 is 15.4 Å². The van der Waals surface area contributed by atoms with Crippen molar-refractivity contribution < 1.29 is 10.2 Å². The summed E-state index contributed by atoms with van der Waals surface area (Å²) in [6.07, 6.45) is 3.33. The monoisotopic (exact) mass is 167 g/mol. The molecule has 0 aliphatic carbocycles. The first kappa shape index (κ1) is 9.97. The van der Waals surface area contributed by atoms with Crippen molar-refractivity contribution in [3.8, 4) is 0 Å². The van der Waals surface area contributed by atoms with Crippen LogP contribution in [0.5, 0.6) is 0 Å². The quantitative estimate of drug-likeness (QED) is 0.345. The molecule has 0 saturated heterocycles. The third-order valence-corrected chi connectivity index (χ3v) is 5.74. The van der Waals surface area contributed by atoms with Crippen molar-refractivity contribution in [1.82, 2.24) is 0 Å². The van der Waals surface area contributed by atoms with Gasteiger partial charge in [-0.3, -0.25) is 0 Å². The maximum Gasteiger partial charge on any atom is 0.184 e. The van der Waals surface area contributed by atoms with Crippen LogP contribution in [-0.2, 0) is 0 Å². The van der Waals surface area contributed by atoms with Crippen LogP contribution in [0, 0.1) is 0 Å². The van der Waals surface area contributed by atoms with Crippen LogP contribution >= 0.6 is 9.35 Å². The lowest BCUT2D eigenvalue weighted by molar-refractivity contribution is 0.0345. The molecule has 0 bridgehead atoms. The summed E-state index contributed by atoms with van der Waals surface area (Å²) < 4.78 is 0. The van der Waals surface area contributed by atoms with E-state index < -0.39 is 15.0 Å². The van der Waals surface area contributed by atoms with Gasteiger partial charge in [0.05, 0.1) is 0 Å². The Morgan fingerprint density at radius 2 is 1.80 bits per heavy atom. The van der Waals surface area contributed by atoms with E-state index in [0.717, 1.165) is 0 Å². The van der Waals surface area contributed by atoms with Gasteiger partial charge in [-0.05, 0) is 24.3 Å². The van der Waals surface area contributed by atoms with Crippen LogP contribution < -0.4 is 5.14 Å². The minimum absolute atomic E-state index is 0.668. The molecule has 0 unspecified atom stereocenters. The zero-order valence-electron chi connectivity index (χ0n) is 6.70. The zero-order valence-corrected chi connectivity index (χ0v) is 7.60. The molecule has 0 spiro atoms. The van der Waals surface area contributed by atoms with E-state index in [1.807, 2.05) is 0 Å². The van der Waals surface area contributed by atoms with Crippen LogP contribution in [0.1, 0.15) is 6.92 Å². The van der Waals surface area contributed by atoms with Crippen molar-refractivity contribution in [1.29, 1.82) is 0 Å². The summed E-state index contributed by atoms with van der Waals surface area (Å²) in [4.78, 5) is 0.668. The van der Waals surface area contributed by atoms with Gasteiger partial charge in [-0.1, -0.05) is 6.58 Å². The molecular formula is C6H17NO2S. The van der Waals surface area contributed by atoms with Gasteiger partial charge in [0.1, 0.15) is 0 Å². The molecule has 4 N–H and O–H groups in total. The van der Waals surface area contributed by atoms with E-state index in [0.29, 0.717) is 4.91 Å². The van der Waals surface area contributed by atoms with Crippen molar-refractivity contribution in [3.63, 3.8) is 0 Å². The normalized spacial score (nSPS) is 16.5.